The highest BCUT2D eigenvalue weighted by atomic mass is 79.9. The van der Waals surface area contributed by atoms with Crippen LogP contribution in [0.4, 0.5) is 8.78 Å². The lowest BCUT2D eigenvalue weighted by Gasteiger charge is -2.19. The van der Waals surface area contributed by atoms with Gasteiger partial charge in [-0.3, -0.25) is 0 Å². The first kappa shape index (κ1) is 8.42. The molecular weight excluding hydrogens is 282 g/mol. The first-order chi connectivity index (χ1) is 4.91. The fourth-order valence-electron chi connectivity index (χ4n) is 2.04. The van der Waals surface area contributed by atoms with E-state index in [0.717, 1.165) is 0 Å². The van der Waals surface area contributed by atoms with Crippen molar-refractivity contribution in [1.82, 2.24) is 0 Å². The van der Waals surface area contributed by atoms with Crippen LogP contribution in [-0.4, -0.2) is 9.16 Å². The second-order valence-electron chi connectivity index (χ2n) is 3.52. The Hall–Kier alpha value is 0.820. The summed E-state index contributed by atoms with van der Waals surface area (Å²) in [5.74, 6) is -2.46. The molecule has 0 nitrogen and oxygen atoms in total. The Labute approximate surface area is 81.0 Å². The summed E-state index contributed by atoms with van der Waals surface area (Å²) >= 11 is 6.56. The summed E-state index contributed by atoms with van der Waals surface area (Å²) in [5.41, 5.74) is -0.764. The van der Waals surface area contributed by atoms with E-state index in [2.05, 4.69) is 31.9 Å². The average Bonchev–Trinajstić information content (AvgIpc) is 2.23. The van der Waals surface area contributed by atoms with Crippen molar-refractivity contribution in [3.63, 3.8) is 0 Å². The largest absolute Gasteiger partial charge is 0.255 e. The molecule has 0 heterocycles. The topological polar surface area (TPSA) is 0 Å². The minimum Gasteiger partial charge on any atom is -0.206 e. The number of alkyl halides is 4. The van der Waals surface area contributed by atoms with Crippen molar-refractivity contribution >= 4 is 31.9 Å². The zero-order chi connectivity index (χ0) is 8.33. The summed E-state index contributed by atoms with van der Waals surface area (Å²) in [4.78, 5) is 0. The van der Waals surface area contributed by atoms with Gasteiger partial charge in [0.25, 0.3) is 5.92 Å². The monoisotopic (exact) mass is 288 g/mol. The molecule has 2 aliphatic rings. The van der Waals surface area contributed by atoms with E-state index >= 15 is 0 Å². The summed E-state index contributed by atoms with van der Waals surface area (Å²) < 4.78 is 26.0. The zero-order valence-corrected chi connectivity index (χ0v) is 9.01. The predicted octanol–water partition coefficient (Wildman–Crippen LogP) is 3.68. The van der Waals surface area contributed by atoms with E-state index in [4.69, 9.17) is 0 Å². The Kier molecular flexibility index (Phi) is 1.53. The highest BCUT2D eigenvalue weighted by Crippen LogP contribution is 2.77. The van der Waals surface area contributed by atoms with E-state index < -0.39 is 14.6 Å². The Morgan fingerprint density at radius 2 is 1.64 bits per heavy atom. The van der Waals surface area contributed by atoms with Gasteiger partial charge >= 0.3 is 0 Å². The molecule has 1 unspecified atom stereocenters. The predicted molar refractivity (Wildman–Crippen MR) is 46.4 cm³/mol. The summed E-state index contributed by atoms with van der Waals surface area (Å²) in [7, 11) is 0. The lowest BCUT2D eigenvalue weighted by atomic mass is 10.0. The molecule has 0 bridgehead atoms. The lowest BCUT2D eigenvalue weighted by Crippen LogP contribution is -2.27. The highest BCUT2D eigenvalue weighted by molar-refractivity contribution is 9.25. The number of rotatable bonds is 0. The van der Waals surface area contributed by atoms with E-state index in [1.165, 1.54) is 0 Å². The number of halogens is 4. The molecule has 0 aliphatic heterocycles. The Balaban J connectivity index is 2.29. The van der Waals surface area contributed by atoms with Crippen molar-refractivity contribution in [2.24, 2.45) is 5.41 Å². The van der Waals surface area contributed by atoms with Gasteiger partial charge in [-0.1, -0.05) is 31.9 Å². The van der Waals surface area contributed by atoms with Crippen LogP contribution >= 0.6 is 31.9 Å². The van der Waals surface area contributed by atoms with Crippen molar-refractivity contribution in [1.29, 1.82) is 0 Å². The maximum Gasteiger partial charge on any atom is 0.255 e. The molecule has 1 atom stereocenters. The summed E-state index contributed by atoms with van der Waals surface area (Å²) in [5, 5.41) is 0. The van der Waals surface area contributed by atoms with E-state index in [9.17, 15) is 8.78 Å². The van der Waals surface area contributed by atoms with E-state index in [-0.39, 0.29) is 6.42 Å². The highest BCUT2D eigenvalue weighted by Gasteiger charge is 2.78. The van der Waals surface area contributed by atoms with Crippen LogP contribution < -0.4 is 0 Å². The standard InChI is InChI=1S/C7H8Br2F2/c8-6(9)4-5(6)2-1-3-7(5,10)11/h1-4H2. The van der Waals surface area contributed by atoms with E-state index in [1.807, 2.05) is 0 Å². The number of hydrogen-bond acceptors (Lipinski definition) is 0. The van der Waals surface area contributed by atoms with Crippen molar-refractivity contribution in [3.05, 3.63) is 0 Å². The van der Waals surface area contributed by atoms with E-state index in [0.29, 0.717) is 19.3 Å². The van der Waals surface area contributed by atoms with Crippen LogP contribution in [0.15, 0.2) is 0 Å². The molecule has 0 saturated heterocycles. The van der Waals surface area contributed by atoms with Crippen LogP contribution in [0.1, 0.15) is 25.7 Å². The minimum atomic E-state index is -2.46. The molecule has 2 fully saturated rings. The van der Waals surface area contributed by atoms with Gasteiger partial charge < -0.3 is 0 Å². The molecule has 2 saturated carbocycles. The quantitative estimate of drug-likeness (QED) is 0.597. The second kappa shape index (κ2) is 2.00. The van der Waals surface area contributed by atoms with Gasteiger partial charge in [-0.05, 0) is 19.3 Å². The smallest absolute Gasteiger partial charge is 0.206 e. The summed E-state index contributed by atoms with van der Waals surface area (Å²) in [6.07, 6.45) is 1.93. The normalized spacial score (nSPS) is 44.7. The van der Waals surface area contributed by atoms with Crippen molar-refractivity contribution in [2.75, 3.05) is 0 Å². The summed E-state index contributed by atoms with van der Waals surface area (Å²) in [6, 6.07) is 0. The molecule has 0 aromatic carbocycles. The van der Waals surface area contributed by atoms with Crippen molar-refractivity contribution in [3.8, 4) is 0 Å². The van der Waals surface area contributed by atoms with Crippen molar-refractivity contribution < 1.29 is 8.78 Å². The van der Waals surface area contributed by atoms with Crippen LogP contribution in [0.2, 0.25) is 0 Å². The fraction of sp³-hybridized carbons (Fsp3) is 1.00. The van der Waals surface area contributed by atoms with Gasteiger partial charge in [0.1, 0.15) is 0 Å². The van der Waals surface area contributed by atoms with Gasteiger partial charge in [-0.2, -0.15) is 0 Å². The molecule has 1 spiro atoms. The van der Waals surface area contributed by atoms with Gasteiger partial charge in [0.15, 0.2) is 0 Å². The molecule has 2 aliphatic carbocycles. The zero-order valence-electron chi connectivity index (χ0n) is 5.84. The molecule has 0 N–H and O–H groups in total. The maximum absolute atomic E-state index is 13.2. The molecule has 64 valence electrons. The van der Waals surface area contributed by atoms with Gasteiger partial charge in [-0.25, -0.2) is 8.78 Å². The Morgan fingerprint density at radius 1 is 1.09 bits per heavy atom. The third-order valence-corrected chi connectivity index (χ3v) is 4.97. The molecule has 0 aromatic heterocycles. The molecule has 4 heteroatoms. The molecular formula is C7H8Br2F2. The molecule has 0 amide bonds. The Morgan fingerprint density at radius 3 is 1.82 bits per heavy atom. The maximum atomic E-state index is 13.2. The van der Waals surface area contributed by atoms with Crippen molar-refractivity contribution in [2.45, 2.75) is 34.8 Å². The lowest BCUT2D eigenvalue weighted by molar-refractivity contribution is -0.0495. The molecule has 0 aromatic rings. The molecule has 0 radical (unpaired) electrons. The third-order valence-electron chi connectivity index (χ3n) is 2.89. The van der Waals surface area contributed by atoms with Crippen LogP contribution in [0.5, 0.6) is 0 Å². The van der Waals surface area contributed by atoms with Crippen LogP contribution in [-0.2, 0) is 0 Å². The van der Waals surface area contributed by atoms with Crippen LogP contribution in [0.25, 0.3) is 0 Å². The first-order valence-electron chi connectivity index (χ1n) is 3.67. The van der Waals surface area contributed by atoms with Crippen LogP contribution in [0, 0.1) is 5.41 Å². The molecule has 11 heavy (non-hydrogen) atoms. The van der Waals surface area contributed by atoms with Gasteiger partial charge in [-0.15, -0.1) is 0 Å². The average molecular weight is 290 g/mol. The van der Waals surface area contributed by atoms with E-state index in [1.54, 1.807) is 0 Å². The number of hydrogen-bond donors (Lipinski definition) is 0. The second-order valence-corrected chi connectivity index (χ2v) is 7.29. The fourth-order valence-corrected chi connectivity index (χ4v) is 3.97. The Bertz CT molecular complexity index is 199. The van der Waals surface area contributed by atoms with Gasteiger partial charge in [0.05, 0.1) is 8.65 Å². The first-order valence-corrected chi connectivity index (χ1v) is 5.26. The van der Waals surface area contributed by atoms with Gasteiger partial charge in [0.2, 0.25) is 0 Å². The minimum absolute atomic E-state index is 0.0615. The van der Waals surface area contributed by atoms with Gasteiger partial charge in [0, 0.05) is 6.42 Å². The SMILES string of the molecule is FC1(F)CCCC12CC2(Br)Br. The third kappa shape index (κ3) is 0.886. The molecule has 2 rings (SSSR count). The van der Waals surface area contributed by atoms with Crippen LogP contribution in [0.3, 0.4) is 0 Å². The summed E-state index contributed by atoms with van der Waals surface area (Å²) in [6.45, 7) is 0.